The predicted molar refractivity (Wildman–Crippen MR) is 116 cm³/mol. The number of nitrogens with one attached hydrogen (secondary N) is 4. The Morgan fingerprint density at radius 3 is 2.55 bits per heavy atom. The Kier molecular flexibility index (Phi) is 7.22. The lowest BCUT2D eigenvalue weighted by Gasteiger charge is -2.09. The molecule has 4 N–H and O–H groups in total. The third-order valence-electron chi connectivity index (χ3n) is 4.40. The summed E-state index contributed by atoms with van der Waals surface area (Å²) in [7, 11) is 0. The van der Waals surface area contributed by atoms with E-state index < -0.39 is 5.91 Å². The van der Waals surface area contributed by atoms with E-state index in [0.29, 0.717) is 11.4 Å². The summed E-state index contributed by atoms with van der Waals surface area (Å²) in [4.78, 5) is 43.5. The summed E-state index contributed by atoms with van der Waals surface area (Å²) in [5.41, 5.74) is 3.70. The molecule has 0 aliphatic carbocycles. The van der Waals surface area contributed by atoms with Crippen LogP contribution in [0.2, 0.25) is 0 Å². The molecule has 0 unspecified atom stereocenters. The van der Waals surface area contributed by atoms with Gasteiger partial charge < -0.3 is 16.0 Å². The quantitative estimate of drug-likeness (QED) is 0.251. The van der Waals surface area contributed by atoms with Gasteiger partial charge in [-0.25, -0.2) is 9.98 Å². The van der Waals surface area contributed by atoms with Crippen molar-refractivity contribution >= 4 is 40.4 Å². The fourth-order valence-electron chi connectivity index (χ4n) is 2.60. The molecular formula is C20H21N7O3S. The summed E-state index contributed by atoms with van der Waals surface area (Å²) < 4.78 is 0. The summed E-state index contributed by atoms with van der Waals surface area (Å²) in [6.45, 7) is 4.38. The van der Waals surface area contributed by atoms with Crippen LogP contribution in [0.15, 0.2) is 41.0 Å². The molecule has 2 aromatic heterocycles. The monoisotopic (exact) mass is 439 g/mol. The number of aryl methyl sites for hydroxylation is 1. The largest absolute Gasteiger partial charge is 0.345 e. The van der Waals surface area contributed by atoms with Crippen molar-refractivity contribution < 1.29 is 14.4 Å². The van der Waals surface area contributed by atoms with Crippen LogP contribution >= 0.6 is 11.3 Å². The van der Waals surface area contributed by atoms with Crippen LogP contribution in [-0.4, -0.2) is 39.2 Å². The Balaban J connectivity index is 1.61. The molecule has 0 aliphatic rings. The number of thiophene rings is 1. The molecule has 2 heterocycles. The first-order chi connectivity index (χ1) is 15.0. The lowest BCUT2D eigenvalue weighted by molar-refractivity contribution is -0.116. The van der Waals surface area contributed by atoms with Crippen molar-refractivity contribution in [3.8, 4) is 0 Å². The van der Waals surface area contributed by atoms with Gasteiger partial charge in [0.1, 0.15) is 11.3 Å². The van der Waals surface area contributed by atoms with Gasteiger partial charge in [0.25, 0.3) is 11.8 Å². The van der Waals surface area contributed by atoms with Gasteiger partial charge in [0.05, 0.1) is 0 Å². The van der Waals surface area contributed by atoms with Gasteiger partial charge in [-0.05, 0) is 41.5 Å². The van der Waals surface area contributed by atoms with Gasteiger partial charge in [-0.15, -0.1) is 16.4 Å². The second-order valence-electron chi connectivity index (χ2n) is 6.58. The van der Waals surface area contributed by atoms with Gasteiger partial charge in [-0.1, -0.05) is 24.3 Å². The first-order valence-corrected chi connectivity index (χ1v) is 10.2. The Bertz CT molecular complexity index is 1110. The number of amides is 3. The van der Waals surface area contributed by atoms with Gasteiger partial charge in [-0.3, -0.25) is 19.5 Å². The van der Waals surface area contributed by atoms with Crippen molar-refractivity contribution in [1.82, 2.24) is 31.1 Å². The molecular weight excluding hydrogens is 418 g/mol. The summed E-state index contributed by atoms with van der Waals surface area (Å²) >= 11 is 1.40. The minimum absolute atomic E-state index is 0.0640. The van der Waals surface area contributed by atoms with Crippen molar-refractivity contribution in [3.63, 3.8) is 0 Å². The Labute approximate surface area is 182 Å². The average Bonchev–Trinajstić information content (AvgIpc) is 3.42. The number of aliphatic imine (C=N–C) groups is 1. The summed E-state index contributed by atoms with van der Waals surface area (Å²) in [5, 5.41) is 16.7. The number of amidine groups is 1. The number of nitrogens with zero attached hydrogens (tertiary/aromatic N) is 3. The zero-order valence-corrected chi connectivity index (χ0v) is 17.7. The highest BCUT2D eigenvalue weighted by Gasteiger charge is 2.13. The summed E-state index contributed by atoms with van der Waals surface area (Å²) in [6, 6.07) is 7.38. The molecule has 0 bridgehead atoms. The molecule has 3 amide bonds. The number of aromatic nitrogens is 3. The van der Waals surface area contributed by atoms with Gasteiger partial charge >= 0.3 is 0 Å². The van der Waals surface area contributed by atoms with Gasteiger partial charge in [0.15, 0.2) is 5.84 Å². The zero-order chi connectivity index (χ0) is 22.2. The van der Waals surface area contributed by atoms with Crippen LogP contribution in [0.25, 0.3) is 0 Å². The van der Waals surface area contributed by atoms with E-state index in [-0.39, 0.29) is 30.7 Å². The smallest absolute Gasteiger partial charge is 0.291 e. The summed E-state index contributed by atoms with van der Waals surface area (Å²) in [6.07, 6.45) is 1.75. The SMILES string of the molecule is Cc1csc(/N=C(\NC=O)C(=O)NCc2cccc(CNC(=O)c3nc[nH]n3)c2)c1C. The molecule has 31 heavy (non-hydrogen) atoms. The van der Waals surface area contributed by atoms with Crippen molar-refractivity contribution in [1.29, 1.82) is 0 Å². The van der Waals surface area contributed by atoms with Crippen molar-refractivity contribution in [3.05, 3.63) is 64.1 Å². The maximum Gasteiger partial charge on any atom is 0.291 e. The van der Waals surface area contributed by atoms with E-state index >= 15 is 0 Å². The van der Waals surface area contributed by atoms with E-state index in [1.165, 1.54) is 17.7 Å². The minimum Gasteiger partial charge on any atom is -0.345 e. The Morgan fingerprint density at radius 2 is 1.94 bits per heavy atom. The van der Waals surface area contributed by atoms with Crippen LogP contribution in [-0.2, 0) is 22.7 Å². The third kappa shape index (κ3) is 5.82. The molecule has 1 aromatic carbocycles. The normalized spacial score (nSPS) is 11.1. The highest BCUT2D eigenvalue weighted by atomic mass is 32.1. The van der Waals surface area contributed by atoms with Gasteiger partial charge in [0.2, 0.25) is 12.2 Å². The Morgan fingerprint density at radius 1 is 1.19 bits per heavy atom. The van der Waals surface area contributed by atoms with Crippen LogP contribution in [0.1, 0.15) is 32.9 Å². The van der Waals surface area contributed by atoms with Crippen LogP contribution in [0.3, 0.4) is 0 Å². The number of carbonyl (C=O) groups is 3. The van der Waals surface area contributed by atoms with Gasteiger partial charge in [-0.2, -0.15) is 0 Å². The molecule has 11 heteroatoms. The second kappa shape index (κ2) is 10.3. The molecule has 0 fully saturated rings. The zero-order valence-electron chi connectivity index (χ0n) is 16.9. The molecule has 0 radical (unpaired) electrons. The van der Waals surface area contributed by atoms with E-state index in [4.69, 9.17) is 0 Å². The molecule has 0 aliphatic heterocycles. The number of rotatable bonds is 7. The summed E-state index contributed by atoms with van der Waals surface area (Å²) in [5.74, 6) is -0.898. The number of hydrogen-bond acceptors (Lipinski definition) is 7. The fraction of sp³-hybridized carbons (Fsp3) is 0.200. The molecule has 3 aromatic rings. The highest BCUT2D eigenvalue weighted by Crippen LogP contribution is 2.29. The molecule has 0 saturated heterocycles. The topological polar surface area (TPSA) is 141 Å². The average molecular weight is 440 g/mol. The number of benzene rings is 1. The first-order valence-electron chi connectivity index (χ1n) is 9.31. The van der Waals surface area contributed by atoms with E-state index in [1.807, 2.05) is 43.5 Å². The lowest BCUT2D eigenvalue weighted by Crippen LogP contribution is -2.39. The molecule has 0 saturated carbocycles. The molecule has 160 valence electrons. The van der Waals surface area contributed by atoms with Crippen LogP contribution in [0, 0.1) is 13.8 Å². The minimum atomic E-state index is -0.499. The fourth-order valence-corrected chi connectivity index (χ4v) is 3.55. The predicted octanol–water partition coefficient (Wildman–Crippen LogP) is 1.51. The van der Waals surface area contributed by atoms with Crippen LogP contribution in [0.5, 0.6) is 0 Å². The van der Waals surface area contributed by atoms with Gasteiger partial charge in [0, 0.05) is 13.1 Å². The number of aromatic amines is 1. The number of hydrogen-bond donors (Lipinski definition) is 4. The molecule has 10 nitrogen and oxygen atoms in total. The van der Waals surface area contributed by atoms with E-state index in [1.54, 1.807) is 0 Å². The maximum atomic E-state index is 12.5. The molecule has 3 rings (SSSR count). The third-order valence-corrected chi connectivity index (χ3v) is 5.49. The van der Waals surface area contributed by atoms with Crippen LogP contribution < -0.4 is 16.0 Å². The van der Waals surface area contributed by atoms with Crippen molar-refractivity contribution in [2.75, 3.05) is 0 Å². The Hall–Kier alpha value is -3.86. The highest BCUT2D eigenvalue weighted by molar-refractivity contribution is 7.14. The van der Waals surface area contributed by atoms with Crippen LogP contribution in [0.4, 0.5) is 5.00 Å². The lowest BCUT2D eigenvalue weighted by atomic mass is 10.1. The van der Waals surface area contributed by atoms with Crippen molar-refractivity contribution in [2.45, 2.75) is 26.9 Å². The standard InChI is InChI=1S/C20H21N7O3S/c1-12-9-31-20(13(12)2)26-16(24-11-28)18(29)21-7-14-4-3-5-15(6-14)8-22-19(30)17-23-10-25-27-17/h3-6,9-11H,7-8H2,1-2H3,(H,21,29)(H,22,30)(H,23,25,27)(H,24,26,28). The molecule has 0 atom stereocenters. The second-order valence-corrected chi connectivity index (χ2v) is 7.44. The number of H-pyrrole nitrogens is 1. The first kappa shape index (κ1) is 21.8. The van der Waals surface area contributed by atoms with E-state index in [2.05, 4.69) is 36.1 Å². The van der Waals surface area contributed by atoms with Crippen molar-refractivity contribution in [2.24, 2.45) is 4.99 Å². The number of carbonyl (C=O) groups excluding carboxylic acids is 3. The maximum absolute atomic E-state index is 12.5. The van der Waals surface area contributed by atoms with E-state index in [0.717, 1.165) is 22.3 Å². The van der Waals surface area contributed by atoms with E-state index in [9.17, 15) is 14.4 Å². The molecule has 0 spiro atoms.